The fourth-order valence-corrected chi connectivity index (χ4v) is 1.60. The third kappa shape index (κ3) is 3.75. The van der Waals surface area contributed by atoms with Crippen molar-refractivity contribution in [3.63, 3.8) is 0 Å². The highest BCUT2D eigenvalue weighted by atomic mass is 35.5. The summed E-state index contributed by atoms with van der Waals surface area (Å²) < 4.78 is 18.2. The first-order chi connectivity index (χ1) is 8.85. The van der Waals surface area contributed by atoms with Crippen molar-refractivity contribution in [2.75, 3.05) is 0 Å². The number of halogens is 2. The normalized spacial score (nSPS) is 11.8. The predicted molar refractivity (Wildman–Crippen MR) is 71.3 cm³/mol. The summed E-state index contributed by atoms with van der Waals surface area (Å²) in [6.07, 6.45) is 0. The van der Waals surface area contributed by atoms with E-state index in [0.29, 0.717) is 23.8 Å². The van der Waals surface area contributed by atoms with Crippen LogP contribution in [0, 0.1) is 5.82 Å². The second-order valence-electron chi connectivity index (χ2n) is 5.24. The summed E-state index contributed by atoms with van der Waals surface area (Å²) in [5, 5.41) is 7.13. The van der Waals surface area contributed by atoms with Crippen LogP contribution >= 0.6 is 11.6 Å². The third-order valence-corrected chi connectivity index (χ3v) is 2.71. The summed E-state index contributed by atoms with van der Waals surface area (Å²) in [6, 6.07) is 4.32. The highest BCUT2D eigenvalue weighted by Crippen LogP contribution is 2.22. The molecule has 0 saturated heterocycles. The van der Waals surface area contributed by atoms with E-state index in [1.165, 1.54) is 12.1 Å². The lowest BCUT2D eigenvalue weighted by atomic mass is 10.1. The number of benzene rings is 1. The van der Waals surface area contributed by atoms with Crippen LogP contribution in [0.25, 0.3) is 11.4 Å². The molecule has 2 aromatic rings. The summed E-state index contributed by atoms with van der Waals surface area (Å²) in [6.45, 7) is 6.61. The Hall–Kier alpha value is -1.46. The average molecular weight is 284 g/mol. The lowest BCUT2D eigenvalue weighted by Crippen LogP contribution is -2.35. The Labute approximate surface area is 116 Å². The molecule has 0 spiro atoms. The molecule has 0 saturated carbocycles. The highest BCUT2D eigenvalue weighted by molar-refractivity contribution is 6.31. The van der Waals surface area contributed by atoms with Crippen molar-refractivity contribution in [3.05, 3.63) is 34.9 Å². The Morgan fingerprint density at radius 3 is 2.74 bits per heavy atom. The predicted octanol–water partition coefficient (Wildman–Crippen LogP) is 3.42. The van der Waals surface area contributed by atoms with Crippen LogP contribution in [0.3, 0.4) is 0 Å². The van der Waals surface area contributed by atoms with E-state index in [2.05, 4.69) is 15.5 Å². The molecular formula is C13H15ClFN3O. The van der Waals surface area contributed by atoms with Crippen LogP contribution in [-0.4, -0.2) is 15.7 Å². The van der Waals surface area contributed by atoms with Crippen molar-refractivity contribution in [3.8, 4) is 11.4 Å². The minimum absolute atomic E-state index is 0.0339. The van der Waals surface area contributed by atoms with Crippen LogP contribution in [0.5, 0.6) is 0 Å². The highest BCUT2D eigenvalue weighted by Gasteiger charge is 2.13. The molecule has 1 heterocycles. The van der Waals surface area contributed by atoms with Crippen LogP contribution in [0.1, 0.15) is 26.7 Å². The van der Waals surface area contributed by atoms with E-state index in [1.54, 1.807) is 6.07 Å². The zero-order valence-electron chi connectivity index (χ0n) is 11.0. The molecule has 0 aliphatic rings. The van der Waals surface area contributed by atoms with Gasteiger partial charge in [-0.1, -0.05) is 16.8 Å². The molecular weight excluding hydrogens is 269 g/mol. The lowest BCUT2D eigenvalue weighted by molar-refractivity contribution is 0.336. The number of nitrogens with zero attached hydrogens (tertiary/aromatic N) is 2. The Balaban J connectivity index is 2.14. The van der Waals surface area contributed by atoms with Gasteiger partial charge >= 0.3 is 0 Å². The monoisotopic (exact) mass is 283 g/mol. The van der Waals surface area contributed by atoms with Crippen LogP contribution in [0.4, 0.5) is 4.39 Å². The van der Waals surface area contributed by atoms with Crippen molar-refractivity contribution < 1.29 is 8.91 Å². The van der Waals surface area contributed by atoms with Crippen LogP contribution in [0.15, 0.2) is 22.7 Å². The van der Waals surface area contributed by atoms with Crippen molar-refractivity contribution in [2.45, 2.75) is 32.9 Å². The fourth-order valence-electron chi connectivity index (χ4n) is 1.42. The van der Waals surface area contributed by atoms with Gasteiger partial charge in [-0.05, 0) is 39.0 Å². The first-order valence-electron chi connectivity index (χ1n) is 5.88. The van der Waals surface area contributed by atoms with E-state index in [4.69, 9.17) is 16.1 Å². The average Bonchev–Trinajstić information content (AvgIpc) is 2.78. The van der Waals surface area contributed by atoms with E-state index < -0.39 is 5.82 Å². The van der Waals surface area contributed by atoms with E-state index in [-0.39, 0.29) is 10.6 Å². The van der Waals surface area contributed by atoms with E-state index >= 15 is 0 Å². The molecule has 6 heteroatoms. The molecule has 0 unspecified atom stereocenters. The molecule has 0 amide bonds. The molecule has 0 aliphatic heterocycles. The summed E-state index contributed by atoms with van der Waals surface area (Å²) in [5.74, 6) is 0.404. The van der Waals surface area contributed by atoms with Gasteiger partial charge in [0.05, 0.1) is 11.6 Å². The van der Waals surface area contributed by atoms with Crippen LogP contribution in [0.2, 0.25) is 5.02 Å². The second-order valence-corrected chi connectivity index (χ2v) is 5.65. The Bertz CT molecular complexity index is 578. The number of aromatic nitrogens is 2. The van der Waals surface area contributed by atoms with Gasteiger partial charge in [0.1, 0.15) is 5.82 Å². The minimum Gasteiger partial charge on any atom is -0.338 e. The van der Waals surface area contributed by atoms with E-state index in [0.717, 1.165) is 0 Å². The molecule has 102 valence electrons. The summed E-state index contributed by atoms with van der Waals surface area (Å²) in [7, 11) is 0. The minimum atomic E-state index is -0.469. The van der Waals surface area contributed by atoms with Crippen molar-refractivity contribution in [1.82, 2.24) is 15.5 Å². The molecule has 0 radical (unpaired) electrons. The van der Waals surface area contributed by atoms with Gasteiger partial charge < -0.3 is 9.84 Å². The zero-order valence-corrected chi connectivity index (χ0v) is 11.8. The van der Waals surface area contributed by atoms with Gasteiger partial charge in [0, 0.05) is 11.1 Å². The maximum atomic E-state index is 13.1. The molecule has 1 aromatic carbocycles. The largest absolute Gasteiger partial charge is 0.338 e. The maximum absolute atomic E-state index is 13.1. The van der Waals surface area contributed by atoms with Crippen molar-refractivity contribution in [2.24, 2.45) is 0 Å². The quantitative estimate of drug-likeness (QED) is 0.938. The molecule has 0 bridgehead atoms. The van der Waals surface area contributed by atoms with Gasteiger partial charge in [-0.3, -0.25) is 0 Å². The Kier molecular flexibility index (Phi) is 3.87. The van der Waals surface area contributed by atoms with Crippen molar-refractivity contribution >= 4 is 11.6 Å². The number of rotatable bonds is 3. The van der Waals surface area contributed by atoms with Gasteiger partial charge in [-0.25, -0.2) is 4.39 Å². The molecule has 4 nitrogen and oxygen atoms in total. The molecule has 2 rings (SSSR count). The molecule has 1 N–H and O–H groups in total. The number of hydrogen-bond donors (Lipinski definition) is 1. The smallest absolute Gasteiger partial charge is 0.240 e. The fraction of sp³-hybridized carbons (Fsp3) is 0.385. The lowest BCUT2D eigenvalue weighted by Gasteiger charge is -2.18. The standard InChI is InChI=1S/C13H15ClFN3O/c1-13(2,3)16-7-11-17-12(18-19-11)8-4-5-10(15)9(14)6-8/h4-6,16H,7H2,1-3H3. The zero-order chi connectivity index (χ0) is 14.0. The third-order valence-electron chi connectivity index (χ3n) is 2.42. The number of nitrogens with one attached hydrogen (secondary N) is 1. The molecule has 19 heavy (non-hydrogen) atoms. The Morgan fingerprint density at radius 2 is 2.11 bits per heavy atom. The first kappa shape index (κ1) is 14.0. The summed E-state index contributed by atoms with van der Waals surface area (Å²) in [5.41, 5.74) is 0.588. The summed E-state index contributed by atoms with van der Waals surface area (Å²) >= 11 is 5.72. The molecule has 0 fully saturated rings. The van der Waals surface area contributed by atoms with Gasteiger partial charge in [0.2, 0.25) is 11.7 Å². The number of hydrogen-bond acceptors (Lipinski definition) is 4. The van der Waals surface area contributed by atoms with Gasteiger partial charge in [-0.2, -0.15) is 4.98 Å². The summed E-state index contributed by atoms with van der Waals surface area (Å²) in [4.78, 5) is 4.23. The van der Waals surface area contributed by atoms with E-state index in [1.807, 2.05) is 20.8 Å². The van der Waals surface area contributed by atoms with Crippen LogP contribution in [-0.2, 0) is 6.54 Å². The molecule has 0 aliphatic carbocycles. The van der Waals surface area contributed by atoms with Crippen LogP contribution < -0.4 is 5.32 Å². The van der Waals surface area contributed by atoms with E-state index in [9.17, 15) is 4.39 Å². The van der Waals surface area contributed by atoms with Crippen molar-refractivity contribution in [1.29, 1.82) is 0 Å². The van der Waals surface area contributed by atoms with Gasteiger partial charge in [0.25, 0.3) is 0 Å². The SMILES string of the molecule is CC(C)(C)NCc1nc(-c2ccc(F)c(Cl)c2)no1. The Morgan fingerprint density at radius 1 is 1.37 bits per heavy atom. The first-order valence-corrected chi connectivity index (χ1v) is 6.26. The molecule has 0 atom stereocenters. The van der Waals surface area contributed by atoms with Gasteiger partial charge in [-0.15, -0.1) is 0 Å². The maximum Gasteiger partial charge on any atom is 0.240 e. The topological polar surface area (TPSA) is 51.0 Å². The van der Waals surface area contributed by atoms with Gasteiger partial charge in [0.15, 0.2) is 0 Å². The molecule has 1 aromatic heterocycles. The second kappa shape index (κ2) is 5.27.